The van der Waals surface area contributed by atoms with Crippen LogP contribution in [0.3, 0.4) is 0 Å². The number of halogens is 1. The number of amides is 1. The number of likely N-dealkylation sites (N-methyl/N-ethyl adjacent to an activating group) is 1. The number of rotatable bonds is 7. The molecule has 3 aromatic rings. The summed E-state index contributed by atoms with van der Waals surface area (Å²) in [5, 5.41) is 7.39. The molecule has 3 heterocycles. The first kappa shape index (κ1) is 31.8. The second kappa shape index (κ2) is 13.9. The highest BCUT2D eigenvalue weighted by Gasteiger charge is 2.34. The average molecular weight is 704 g/mol. The first-order valence-electron chi connectivity index (χ1n) is 14.0. The molecule has 1 amide bonds. The number of quaternary nitrogens is 1. The molecule has 2 aromatic carbocycles. The molecule has 5 rings (SSSR count). The number of esters is 1. The molecule has 0 radical (unpaired) electrons. The number of ether oxygens (including phenoxy) is 2. The van der Waals surface area contributed by atoms with Crippen molar-refractivity contribution in [2.75, 3.05) is 45.3 Å². The van der Waals surface area contributed by atoms with Gasteiger partial charge in [-0.1, -0.05) is 56.3 Å². The summed E-state index contributed by atoms with van der Waals surface area (Å²) in [4.78, 5) is 34.1. The Bertz CT molecular complexity index is 1420. The Morgan fingerprint density at radius 2 is 1.76 bits per heavy atom. The summed E-state index contributed by atoms with van der Waals surface area (Å²) in [6.45, 7) is 9.34. The standard InChI is InChI=1S/C31H37N5O4S.HI/c1-21(2)27(30(37)39-19-23-10-6-5-7-11-23)34-31(38)40-20-36(4)16-14-35(15-17-36)28-24-18-22(3)41-29(24)33-26-13-9-8-12-25(26)32-28;/h5-13,18,21,27H,14-17,19-20H2,1-4H3,(H-,32,33,34,38);1H/t27-;/m0./s1. The maximum Gasteiger partial charge on any atom is 0.412 e. The van der Waals surface area contributed by atoms with Gasteiger partial charge in [0.15, 0.2) is 0 Å². The maximum absolute atomic E-state index is 12.7. The third-order valence-electron chi connectivity index (χ3n) is 7.52. The molecule has 1 atom stereocenters. The van der Waals surface area contributed by atoms with Gasteiger partial charge in [0.2, 0.25) is 6.73 Å². The summed E-state index contributed by atoms with van der Waals surface area (Å²) >= 11 is 1.74. The molecule has 2 aliphatic rings. The number of para-hydroxylation sites is 2. The molecule has 11 heteroatoms. The van der Waals surface area contributed by atoms with Crippen molar-refractivity contribution in [1.82, 2.24) is 10.2 Å². The SMILES string of the molecule is Cc1cc2c(s1)Nc1ccccc1N=C2N1CC[N+](C)(COC(=O)N[C@H](C(=O)OCc2ccccc2)C(C)C)CC1.[I-]. The van der Waals surface area contributed by atoms with Crippen LogP contribution in [-0.4, -0.2) is 73.3 Å². The molecular formula is C31H38IN5O4S. The summed E-state index contributed by atoms with van der Waals surface area (Å²) in [6, 6.07) is 19.0. The quantitative estimate of drug-likeness (QED) is 0.223. The van der Waals surface area contributed by atoms with Crippen LogP contribution in [0, 0.1) is 12.8 Å². The van der Waals surface area contributed by atoms with E-state index in [-0.39, 0.29) is 43.2 Å². The third kappa shape index (κ3) is 7.61. The second-order valence-electron chi connectivity index (χ2n) is 11.3. The number of anilines is 2. The number of piperazine rings is 1. The lowest BCUT2D eigenvalue weighted by atomic mass is 10.1. The molecule has 42 heavy (non-hydrogen) atoms. The predicted molar refractivity (Wildman–Crippen MR) is 162 cm³/mol. The van der Waals surface area contributed by atoms with Gasteiger partial charge < -0.3 is 49.0 Å². The second-order valence-corrected chi connectivity index (χ2v) is 12.5. The number of carbonyl (C=O) groups excluding carboxylic acids is 2. The zero-order chi connectivity index (χ0) is 29.0. The molecule has 0 saturated carbocycles. The van der Waals surface area contributed by atoms with Crippen LogP contribution in [-0.2, 0) is 20.9 Å². The molecule has 2 aliphatic heterocycles. The Hall–Kier alpha value is -3.16. The van der Waals surface area contributed by atoms with Crippen LogP contribution in [0.1, 0.15) is 29.9 Å². The number of benzene rings is 2. The van der Waals surface area contributed by atoms with Crippen molar-refractivity contribution in [1.29, 1.82) is 0 Å². The van der Waals surface area contributed by atoms with Gasteiger partial charge >= 0.3 is 12.1 Å². The van der Waals surface area contributed by atoms with Crippen LogP contribution in [0.15, 0.2) is 65.7 Å². The van der Waals surface area contributed by atoms with Gasteiger partial charge in [0.25, 0.3) is 0 Å². The molecule has 2 N–H and O–H groups in total. The van der Waals surface area contributed by atoms with Gasteiger partial charge in [0.1, 0.15) is 23.5 Å². The largest absolute Gasteiger partial charge is 1.00 e. The van der Waals surface area contributed by atoms with Gasteiger partial charge in [-0.05, 0) is 36.6 Å². The third-order valence-corrected chi connectivity index (χ3v) is 8.48. The fourth-order valence-electron chi connectivity index (χ4n) is 4.98. The number of hydrogen-bond donors (Lipinski definition) is 2. The number of amidine groups is 1. The Kier molecular flexibility index (Phi) is 10.5. The van der Waals surface area contributed by atoms with Crippen molar-refractivity contribution in [2.45, 2.75) is 33.4 Å². The summed E-state index contributed by atoms with van der Waals surface area (Å²) in [7, 11) is 2.09. The highest BCUT2D eigenvalue weighted by atomic mass is 127. The number of carbonyl (C=O) groups is 2. The van der Waals surface area contributed by atoms with E-state index in [1.165, 1.54) is 4.88 Å². The lowest BCUT2D eigenvalue weighted by Crippen LogP contribution is -3.00. The lowest BCUT2D eigenvalue weighted by molar-refractivity contribution is -0.928. The van der Waals surface area contributed by atoms with Crippen LogP contribution in [0.4, 0.5) is 21.2 Å². The number of nitrogens with zero attached hydrogens (tertiary/aromatic N) is 3. The molecule has 0 spiro atoms. The molecule has 1 fully saturated rings. The van der Waals surface area contributed by atoms with E-state index in [1.807, 2.05) is 62.4 Å². The van der Waals surface area contributed by atoms with Crippen molar-refractivity contribution >= 4 is 45.6 Å². The molecule has 1 saturated heterocycles. The van der Waals surface area contributed by atoms with Gasteiger partial charge in [-0.2, -0.15) is 0 Å². The number of fused-ring (bicyclic) bond motifs is 2. The normalized spacial score (nSPS) is 16.0. The molecule has 0 unspecified atom stereocenters. The number of hydrogen-bond acceptors (Lipinski definition) is 8. The highest BCUT2D eigenvalue weighted by molar-refractivity contribution is 7.16. The Labute approximate surface area is 268 Å². The number of thiophene rings is 1. The number of alkyl carbamates (subject to hydrolysis) is 1. The van der Waals surface area contributed by atoms with E-state index in [9.17, 15) is 9.59 Å². The van der Waals surface area contributed by atoms with Crippen LogP contribution in [0.2, 0.25) is 0 Å². The minimum absolute atomic E-state index is 0. The van der Waals surface area contributed by atoms with E-state index < -0.39 is 18.1 Å². The Balaban J connectivity index is 0.00000405. The molecule has 9 nitrogen and oxygen atoms in total. The molecule has 0 bridgehead atoms. The lowest BCUT2D eigenvalue weighted by Gasteiger charge is -2.42. The Morgan fingerprint density at radius 1 is 1.07 bits per heavy atom. The predicted octanol–water partition coefficient (Wildman–Crippen LogP) is 2.41. The molecule has 224 valence electrons. The number of aliphatic imine (C=N–C) groups is 1. The zero-order valence-electron chi connectivity index (χ0n) is 24.4. The van der Waals surface area contributed by atoms with Gasteiger partial charge in [-0.25, -0.2) is 14.6 Å². The van der Waals surface area contributed by atoms with Crippen molar-refractivity contribution in [3.63, 3.8) is 0 Å². The van der Waals surface area contributed by atoms with Crippen molar-refractivity contribution in [3.05, 3.63) is 76.7 Å². The first-order valence-corrected chi connectivity index (χ1v) is 14.8. The van der Waals surface area contributed by atoms with Crippen molar-refractivity contribution in [2.24, 2.45) is 10.9 Å². The molecular weight excluding hydrogens is 665 g/mol. The molecule has 1 aromatic heterocycles. The van der Waals surface area contributed by atoms with E-state index in [1.54, 1.807) is 11.3 Å². The monoisotopic (exact) mass is 703 g/mol. The van der Waals surface area contributed by atoms with Gasteiger partial charge in [-0.15, -0.1) is 11.3 Å². The van der Waals surface area contributed by atoms with Gasteiger partial charge in [0.05, 0.1) is 50.2 Å². The summed E-state index contributed by atoms with van der Waals surface area (Å²) in [5.74, 6) is 0.350. The average Bonchev–Trinajstić information content (AvgIpc) is 3.26. The van der Waals surface area contributed by atoms with Crippen molar-refractivity contribution < 1.29 is 47.5 Å². The summed E-state index contributed by atoms with van der Waals surface area (Å²) in [5.41, 5.74) is 3.94. The van der Waals surface area contributed by atoms with E-state index in [0.717, 1.165) is 59.5 Å². The minimum Gasteiger partial charge on any atom is -1.00 e. The number of nitrogens with one attached hydrogen (secondary N) is 2. The van der Waals surface area contributed by atoms with Gasteiger partial charge in [-0.3, -0.25) is 4.48 Å². The highest BCUT2D eigenvalue weighted by Crippen LogP contribution is 2.39. The first-order chi connectivity index (χ1) is 19.7. The number of aryl methyl sites for hydroxylation is 1. The van der Waals surface area contributed by atoms with E-state index in [4.69, 9.17) is 14.5 Å². The minimum atomic E-state index is -0.790. The van der Waals surface area contributed by atoms with E-state index in [2.05, 4.69) is 41.6 Å². The zero-order valence-corrected chi connectivity index (χ0v) is 27.4. The maximum atomic E-state index is 12.7. The van der Waals surface area contributed by atoms with Gasteiger partial charge in [0, 0.05) is 4.88 Å². The van der Waals surface area contributed by atoms with Crippen LogP contribution < -0.4 is 34.6 Å². The summed E-state index contributed by atoms with van der Waals surface area (Å²) < 4.78 is 11.7. The molecule has 0 aliphatic carbocycles. The fourth-order valence-corrected chi connectivity index (χ4v) is 5.90. The van der Waals surface area contributed by atoms with Crippen LogP contribution >= 0.6 is 11.3 Å². The van der Waals surface area contributed by atoms with Crippen molar-refractivity contribution in [3.8, 4) is 0 Å². The van der Waals surface area contributed by atoms with Crippen LogP contribution in [0.5, 0.6) is 0 Å². The smallest absolute Gasteiger partial charge is 0.412 e. The van der Waals surface area contributed by atoms with Crippen LogP contribution in [0.25, 0.3) is 0 Å². The van der Waals surface area contributed by atoms with E-state index in [0.29, 0.717) is 4.48 Å². The Morgan fingerprint density at radius 3 is 2.48 bits per heavy atom. The van der Waals surface area contributed by atoms with E-state index >= 15 is 0 Å². The topological polar surface area (TPSA) is 92.3 Å². The summed E-state index contributed by atoms with van der Waals surface area (Å²) in [6.07, 6.45) is -0.614. The fraction of sp³-hybridized carbons (Fsp3) is 0.387.